The van der Waals surface area contributed by atoms with Gasteiger partial charge in [-0.15, -0.1) is 0 Å². The predicted molar refractivity (Wildman–Crippen MR) is 95.5 cm³/mol. The van der Waals surface area contributed by atoms with Crippen molar-refractivity contribution in [3.8, 4) is 5.75 Å². The van der Waals surface area contributed by atoms with Crippen LogP contribution in [0.3, 0.4) is 0 Å². The monoisotopic (exact) mass is 353 g/mol. The minimum absolute atomic E-state index is 0.223. The van der Waals surface area contributed by atoms with Gasteiger partial charge in [0.05, 0.1) is 12.8 Å². The Morgan fingerprint density at radius 3 is 2.83 bits per heavy atom. The number of ether oxygens (including phenoxy) is 1. The maximum Gasteiger partial charge on any atom is 0.224 e. The largest absolute Gasteiger partial charge is 0.494 e. The number of piperazine rings is 1. The lowest BCUT2D eigenvalue weighted by Gasteiger charge is -2.37. The van der Waals surface area contributed by atoms with Gasteiger partial charge in [0, 0.05) is 62.8 Å². The fraction of sp³-hybridized carbons (Fsp3) is 0.588. The van der Waals surface area contributed by atoms with Gasteiger partial charge in [-0.1, -0.05) is 0 Å². The zero-order valence-corrected chi connectivity index (χ0v) is 14.8. The van der Waals surface area contributed by atoms with Gasteiger partial charge in [-0.3, -0.25) is 4.79 Å². The molecule has 0 aromatic heterocycles. The van der Waals surface area contributed by atoms with Gasteiger partial charge in [0.1, 0.15) is 11.6 Å². The summed E-state index contributed by atoms with van der Waals surface area (Å²) in [5, 5.41) is 3.41. The van der Waals surface area contributed by atoms with Gasteiger partial charge < -0.3 is 19.9 Å². The summed E-state index contributed by atoms with van der Waals surface area (Å²) in [6, 6.07) is 4.89. The third-order valence-electron chi connectivity index (χ3n) is 4.53. The topological polar surface area (TPSA) is 44.8 Å². The Morgan fingerprint density at radius 2 is 2.17 bits per heavy atom. The predicted octanol–water partition coefficient (Wildman–Crippen LogP) is 1.58. The molecule has 1 atom stereocenters. The molecule has 0 bridgehead atoms. The molecule has 7 heteroatoms. The normalized spacial score (nSPS) is 21.7. The first-order chi connectivity index (χ1) is 11.7. The molecule has 132 valence electrons. The van der Waals surface area contributed by atoms with Crippen molar-refractivity contribution in [1.29, 1.82) is 0 Å². The fourth-order valence-electron chi connectivity index (χ4n) is 3.20. The molecule has 3 rings (SSSR count). The zero-order chi connectivity index (χ0) is 16.9. The van der Waals surface area contributed by atoms with Crippen LogP contribution in [0.2, 0.25) is 0 Å². The standard InChI is InChI=1S/C17H24FN3O2S/c1-23-16-10-13(18)2-3-15(16)20-5-7-21(8-6-20)17(22)11-14-12-24-9-4-19-14/h2-3,10,14,19H,4-9,11-12H2,1H3. The van der Waals surface area contributed by atoms with E-state index in [1.807, 2.05) is 16.7 Å². The van der Waals surface area contributed by atoms with Crippen LogP contribution in [0.1, 0.15) is 6.42 Å². The molecular formula is C17H24FN3O2S. The van der Waals surface area contributed by atoms with Crippen LogP contribution >= 0.6 is 11.8 Å². The Morgan fingerprint density at radius 1 is 1.38 bits per heavy atom. The Kier molecular flexibility index (Phi) is 5.84. The van der Waals surface area contributed by atoms with E-state index >= 15 is 0 Å². The number of thioether (sulfide) groups is 1. The molecule has 24 heavy (non-hydrogen) atoms. The third-order valence-corrected chi connectivity index (χ3v) is 5.67. The number of halogens is 1. The van der Waals surface area contributed by atoms with Crippen LogP contribution in [0.4, 0.5) is 10.1 Å². The van der Waals surface area contributed by atoms with E-state index in [0.717, 1.165) is 36.8 Å². The van der Waals surface area contributed by atoms with Crippen LogP contribution in [0.5, 0.6) is 5.75 Å². The zero-order valence-electron chi connectivity index (χ0n) is 14.0. The minimum atomic E-state index is -0.303. The van der Waals surface area contributed by atoms with Crippen molar-refractivity contribution in [2.24, 2.45) is 0 Å². The first-order valence-electron chi connectivity index (χ1n) is 8.35. The van der Waals surface area contributed by atoms with Gasteiger partial charge >= 0.3 is 0 Å². The lowest BCUT2D eigenvalue weighted by Crippen LogP contribution is -2.50. The lowest BCUT2D eigenvalue weighted by atomic mass is 10.1. The van der Waals surface area contributed by atoms with E-state index in [4.69, 9.17) is 4.74 Å². The summed E-state index contributed by atoms with van der Waals surface area (Å²) < 4.78 is 18.6. The Balaban J connectivity index is 1.54. The van der Waals surface area contributed by atoms with Gasteiger partial charge in [-0.05, 0) is 12.1 Å². The summed E-state index contributed by atoms with van der Waals surface area (Å²) in [6.45, 7) is 3.85. The minimum Gasteiger partial charge on any atom is -0.494 e. The van der Waals surface area contributed by atoms with Crippen molar-refractivity contribution in [2.75, 3.05) is 56.2 Å². The molecule has 1 unspecified atom stereocenters. The van der Waals surface area contributed by atoms with Crippen LogP contribution in [0.25, 0.3) is 0 Å². The second-order valence-corrected chi connectivity index (χ2v) is 7.26. The lowest BCUT2D eigenvalue weighted by molar-refractivity contribution is -0.131. The number of amides is 1. The molecule has 5 nitrogen and oxygen atoms in total. The molecule has 0 radical (unpaired) electrons. The van der Waals surface area contributed by atoms with Crippen molar-refractivity contribution in [2.45, 2.75) is 12.5 Å². The third kappa shape index (κ3) is 4.13. The molecule has 2 aliphatic heterocycles. The fourth-order valence-corrected chi connectivity index (χ4v) is 4.15. The first kappa shape index (κ1) is 17.4. The molecule has 0 saturated carbocycles. The van der Waals surface area contributed by atoms with Crippen molar-refractivity contribution < 1.29 is 13.9 Å². The van der Waals surface area contributed by atoms with Crippen LogP contribution in [0.15, 0.2) is 18.2 Å². The molecule has 1 aromatic carbocycles. The summed E-state index contributed by atoms with van der Waals surface area (Å²) in [6.07, 6.45) is 0.576. The summed E-state index contributed by atoms with van der Waals surface area (Å²) in [5.41, 5.74) is 0.886. The van der Waals surface area contributed by atoms with Crippen LogP contribution in [0, 0.1) is 5.82 Å². The summed E-state index contributed by atoms with van der Waals surface area (Å²) in [5.74, 6) is 2.60. The van der Waals surface area contributed by atoms with E-state index < -0.39 is 0 Å². The Labute approximate surface area is 146 Å². The van der Waals surface area contributed by atoms with Crippen LogP contribution in [-0.4, -0.2) is 68.2 Å². The maximum atomic E-state index is 13.3. The number of rotatable bonds is 4. The number of carbonyl (C=O) groups is 1. The van der Waals surface area contributed by atoms with Crippen molar-refractivity contribution in [3.05, 3.63) is 24.0 Å². The van der Waals surface area contributed by atoms with Gasteiger partial charge in [0.15, 0.2) is 0 Å². The van der Waals surface area contributed by atoms with Crippen LogP contribution in [-0.2, 0) is 4.79 Å². The highest BCUT2D eigenvalue weighted by Gasteiger charge is 2.25. The number of methoxy groups -OCH3 is 1. The van der Waals surface area contributed by atoms with Gasteiger partial charge in [0.25, 0.3) is 0 Å². The average Bonchev–Trinajstić information content (AvgIpc) is 2.62. The highest BCUT2D eigenvalue weighted by atomic mass is 32.2. The van der Waals surface area contributed by atoms with Gasteiger partial charge in [-0.2, -0.15) is 11.8 Å². The maximum absolute atomic E-state index is 13.3. The number of nitrogens with zero attached hydrogens (tertiary/aromatic N) is 2. The second kappa shape index (κ2) is 8.07. The molecular weight excluding hydrogens is 329 g/mol. The van der Waals surface area contributed by atoms with Gasteiger partial charge in [0.2, 0.25) is 5.91 Å². The summed E-state index contributed by atoms with van der Waals surface area (Å²) in [7, 11) is 1.55. The molecule has 2 heterocycles. The molecule has 2 fully saturated rings. The molecule has 1 N–H and O–H groups in total. The first-order valence-corrected chi connectivity index (χ1v) is 9.50. The van der Waals surface area contributed by atoms with Gasteiger partial charge in [-0.25, -0.2) is 4.39 Å². The van der Waals surface area contributed by atoms with E-state index in [1.54, 1.807) is 13.2 Å². The van der Waals surface area contributed by atoms with E-state index in [0.29, 0.717) is 31.3 Å². The number of carbonyl (C=O) groups excluding carboxylic acids is 1. The molecule has 1 aromatic rings. The summed E-state index contributed by atoms with van der Waals surface area (Å²) >= 11 is 1.91. The number of hydrogen-bond acceptors (Lipinski definition) is 5. The second-order valence-electron chi connectivity index (χ2n) is 6.11. The van der Waals surface area contributed by atoms with Crippen LogP contribution < -0.4 is 15.0 Å². The Hall–Kier alpha value is -1.47. The SMILES string of the molecule is COc1cc(F)ccc1N1CCN(C(=O)CC2CSCCN2)CC1. The highest BCUT2D eigenvalue weighted by molar-refractivity contribution is 7.99. The molecule has 2 saturated heterocycles. The number of benzene rings is 1. The van der Waals surface area contributed by atoms with E-state index in [1.165, 1.54) is 12.1 Å². The average molecular weight is 353 g/mol. The van der Waals surface area contributed by atoms with E-state index in [2.05, 4.69) is 10.2 Å². The van der Waals surface area contributed by atoms with E-state index in [-0.39, 0.29) is 11.7 Å². The smallest absolute Gasteiger partial charge is 0.224 e. The van der Waals surface area contributed by atoms with Crippen molar-refractivity contribution in [3.63, 3.8) is 0 Å². The number of nitrogens with one attached hydrogen (secondary N) is 1. The number of hydrogen-bond donors (Lipinski definition) is 1. The number of anilines is 1. The van der Waals surface area contributed by atoms with Crippen molar-refractivity contribution in [1.82, 2.24) is 10.2 Å². The quantitative estimate of drug-likeness (QED) is 0.890. The Bertz CT molecular complexity index is 573. The van der Waals surface area contributed by atoms with Crippen molar-refractivity contribution >= 4 is 23.4 Å². The molecule has 0 spiro atoms. The highest BCUT2D eigenvalue weighted by Crippen LogP contribution is 2.29. The van der Waals surface area contributed by atoms with E-state index in [9.17, 15) is 9.18 Å². The molecule has 0 aliphatic carbocycles. The summed E-state index contributed by atoms with van der Waals surface area (Å²) in [4.78, 5) is 16.5. The molecule has 1 amide bonds. The molecule has 2 aliphatic rings.